The van der Waals surface area contributed by atoms with Crippen molar-refractivity contribution in [2.45, 2.75) is 19.0 Å². The number of carboxylic acid groups (broad SMARTS) is 1. The van der Waals surface area contributed by atoms with Crippen molar-refractivity contribution in [2.75, 3.05) is 13.7 Å². The molecule has 0 aliphatic carbocycles. The molecule has 1 atom stereocenters. The maximum Gasteiger partial charge on any atom is 0.326 e. The van der Waals surface area contributed by atoms with Gasteiger partial charge >= 0.3 is 12.0 Å². The van der Waals surface area contributed by atoms with Crippen LogP contribution in [0.2, 0.25) is 5.02 Å². The molecular formula is C13H17ClN2O4. The van der Waals surface area contributed by atoms with Gasteiger partial charge in [-0.05, 0) is 11.6 Å². The number of halogens is 1. The number of carbonyl (C=O) groups excluding carboxylic acids is 1. The van der Waals surface area contributed by atoms with Crippen LogP contribution < -0.4 is 5.32 Å². The standard InChI is InChI=1S/C13H17ClN2O4/c1-16(8-9-4-2-3-5-10(9)14)13(20)15-11(6-7-17)12(18)19/h2-5,11,17H,6-8H2,1H3,(H,15,20)(H,18,19)/t11-/m0/s1. The Hall–Kier alpha value is -1.79. The maximum absolute atomic E-state index is 11.9. The van der Waals surface area contributed by atoms with Crippen LogP contribution >= 0.6 is 11.6 Å². The number of benzene rings is 1. The van der Waals surface area contributed by atoms with Crippen LogP contribution in [0.15, 0.2) is 24.3 Å². The fourth-order valence-corrected chi connectivity index (χ4v) is 1.80. The zero-order valence-electron chi connectivity index (χ0n) is 11.0. The largest absolute Gasteiger partial charge is 0.480 e. The maximum atomic E-state index is 11.9. The van der Waals surface area contributed by atoms with Gasteiger partial charge in [-0.1, -0.05) is 29.8 Å². The third-order valence-electron chi connectivity index (χ3n) is 2.73. The molecule has 7 heteroatoms. The molecule has 3 N–H and O–H groups in total. The quantitative estimate of drug-likeness (QED) is 0.739. The first-order chi connectivity index (χ1) is 9.45. The smallest absolute Gasteiger partial charge is 0.326 e. The van der Waals surface area contributed by atoms with E-state index in [1.165, 1.54) is 11.9 Å². The molecule has 0 spiro atoms. The minimum Gasteiger partial charge on any atom is -0.480 e. The van der Waals surface area contributed by atoms with Gasteiger partial charge in [-0.15, -0.1) is 0 Å². The summed E-state index contributed by atoms with van der Waals surface area (Å²) in [5, 5.41) is 20.5. The highest BCUT2D eigenvalue weighted by atomic mass is 35.5. The molecule has 1 aromatic carbocycles. The van der Waals surface area contributed by atoms with E-state index in [1.807, 2.05) is 0 Å². The van der Waals surface area contributed by atoms with Gasteiger partial charge in [0.25, 0.3) is 0 Å². The lowest BCUT2D eigenvalue weighted by molar-refractivity contribution is -0.139. The fraction of sp³-hybridized carbons (Fsp3) is 0.385. The molecule has 6 nitrogen and oxygen atoms in total. The summed E-state index contributed by atoms with van der Waals surface area (Å²) in [6.07, 6.45) is -0.0407. The summed E-state index contributed by atoms with van der Waals surface area (Å²) in [6, 6.07) is 5.45. The number of hydrogen-bond donors (Lipinski definition) is 3. The van der Waals surface area contributed by atoms with Crippen molar-refractivity contribution in [2.24, 2.45) is 0 Å². The van der Waals surface area contributed by atoms with Crippen molar-refractivity contribution in [3.05, 3.63) is 34.9 Å². The number of amides is 2. The van der Waals surface area contributed by atoms with Gasteiger partial charge in [-0.25, -0.2) is 9.59 Å². The normalized spacial score (nSPS) is 11.8. The molecule has 110 valence electrons. The highest BCUT2D eigenvalue weighted by Gasteiger charge is 2.21. The number of aliphatic carboxylic acids is 1. The fourth-order valence-electron chi connectivity index (χ4n) is 1.60. The Bertz CT molecular complexity index is 481. The number of carboxylic acids is 1. The Morgan fingerprint density at radius 2 is 2.05 bits per heavy atom. The van der Waals surface area contributed by atoms with Crippen molar-refractivity contribution in [3.8, 4) is 0 Å². The zero-order valence-corrected chi connectivity index (χ0v) is 11.8. The van der Waals surface area contributed by atoms with Crippen LogP contribution in [0.1, 0.15) is 12.0 Å². The molecular weight excluding hydrogens is 284 g/mol. The molecule has 0 saturated heterocycles. The number of nitrogens with zero attached hydrogens (tertiary/aromatic N) is 1. The van der Waals surface area contributed by atoms with Crippen molar-refractivity contribution >= 4 is 23.6 Å². The number of nitrogens with one attached hydrogen (secondary N) is 1. The summed E-state index contributed by atoms with van der Waals surface area (Å²) < 4.78 is 0. The van der Waals surface area contributed by atoms with E-state index in [0.29, 0.717) is 5.02 Å². The van der Waals surface area contributed by atoms with E-state index in [4.69, 9.17) is 21.8 Å². The first-order valence-electron chi connectivity index (χ1n) is 6.04. The lowest BCUT2D eigenvalue weighted by Crippen LogP contribution is -2.46. The van der Waals surface area contributed by atoms with Crippen molar-refractivity contribution < 1.29 is 19.8 Å². The second-order valence-electron chi connectivity index (χ2n) is 4.30. The molecule has 0 saturated carbocycles. The molecule has 0 heterocycles. The highest BCUT2D eigenvalue weighted by Crippen LogP contribution is 2.16. The summed E-state index contributed by atoms with van der Waals surface area (Å²) in [6.45, 7) is -0.0531. The van der Waals surface area contributed by atoms with Crippen LogP contribution in [-0.4, -0.2) is 46.8 Å². The predicted molar refractivity (Wildman–Crippen MR) is 74.6 cm³/mol. The van der Waals surface area contributed by atoms with E-state index in [2.05, 4.69) is 5.32 Å². The summed E-state index contributed by atoms with van der Waals surface area (Å²) >= 11 is 5.99. The van der Waals surface area contributed by atoms with Crippen molar-refractivity contribution in [1.29, 1.82) is 0 Å². The Balaban J connectivity index is 2.63. The molecule has 20 heavy (non-hydrogen) atoms. The van der Waals surface area contributed by atoms with Gasteiger partial charge in [0.2, 0.25) is 0 Å². The van der Waals surface area contributed by atoms with Gasteiger partial charge in [0, 0.05) is 31.6 Å². The van der Waals surface area contributed by atoms with Crippen LogP contribution in [0.3, 0.4) is 0 Å². The van der Waals surface area contributed by atoms with Gasteiger partial charge < -0.3 is 20.4 Å². The van der Waals surface area contributed by atoms with E-state index in [1.54, 1.807) is 24.3 Å². The summed E-state index contributed by atoms with van der Waals surface area (Å²) in [5.41, 5.74) is 0.765. The number of hydrogen-bond acceptors (Lipinski definition) is 3. The van der Waals surface area contributed by atoms with Crippen molar-refractivity contribution in [1.82, 2.24) is 10.2 Å². The lowest BCUT2D eigenvalue weighted by Gasteiger charge is -2.21. The van der Waals surface area contributed by atoms with E-state index in [0.717, 1.165) is 5.56 Å². The molecule has 1 aromatic rings. The van der Waals surface area contributed by atoms with E-state index >= 15 is 0 Å². The minimum absolute atomic E-state index is 0.0407. The molecule has 0 aliphatic heterocycles. The van der Waals surface area contributed by atoms with E-state index < -0.39 is 18.0 Å². The zero-order chi connectivity index (χ0) is 15.1. The monoisotopic (exact) mass is 300 g/mol. The van der Waals surface area contributed by atoms with Gasteiger partial charge in [-0.3, -0.25) is 0 Å². The Kier molecular flexibility index (Phi) is 6.27. The molecule has 0 unspecified atom stereocenters. The average Bonchev–Trinajstić information content (AvgIpc) is 2.40. The van der Waals surface area contributed by atoms with Gasteiger partial charge in [-0.2, -0.15) is 0 Å². The summed E-state index contributed by atoms with van der Waals surface area (Å²) in [5.74, 6) is -1.18. The molecule has 0 aliphatic rings. The first kappa shape index (κ1) is 16.3. The summed E-state index contributed by atoms with van der Waals surface area (Å²) in [4.78, 5) is 24.1. The third-order valence-corrected chi connectivity index (χ3v) is 3.09. The molecule has 0 radical (unpaired) electrons. The van der Waals surface area contributed by atoms with Gasteiger partial charge in [0.05, 0.1) is 0 Å². The SMILES string of the molecule is CN(Cc1ccccc1Cl)C(=O)N[C@@H](CCO)C(=O)O. The van der Waals surface area contributed by atoms with Crippen LogP contribution in [-0.2, 0) is 11.3 Å². The topological polar surface area (TPSA) is 89.9 Å². The minimum atomic E-state index is -1.18. The number of rotatable bonds is 6. The first-order valence-corrected chi connectivity index (χ1v) is 6.42. The van der Waals surface area contributed by atoms with Crippen LogP contribution in [0.25, 0.3) is 0 Å². The number of aliphatic hydroxyl groups excluding tert-OH is 1. The molecule has 0 aromatic heterocycles. The molecule has 1 rings (SSSR count). The van der Waals surface area contributed by atoms with E-state index in [9.17, 15) is 9.59 Å². The average molecular weight is 301 g/mol. The second kappa shape index (κ2) is 7.72. The van der Waals surface area contributed by atoms with Crippen molar-refractivity contribution in [3.63, 3.8) is 0 Å². The molecule has 2 amide bonds. The molecule has 0 fully saturated rings. The Labute approximate surface area is 122 Å². The van der Waals surface area contributed by atoms with Gasteiger partial charge in [0.15, 0.2) is 0 Å². The Morgan fingerprint density at radius 3 is 2.60 bits per heavy atom. The predicted octanol–water partition coefficient (Wildman–Crippen LogP) is 1.32. The number of aliphatic hydroxyl groups is 1. The Morgan fingerprint density at radius 1 is 1.40 bits per heavy atom. The highest BCUT2D eigenvalue weighted by molar-refractivity contribution is 6.31. The number of carbonyl (C=O) groups is 2. The number of urea groups is 1. The lowest BCUT2D eigenvalue weighted by atomic mass is 10.2. The van der Waals surface area contributed by atoms with Crippen LogP contribution in [0.4, 0.5) is 4.79 Å². The third kappa shape index (κ3) is 4.71. The van der Waals surface area contributed by atoms with E-state index in [-0.39, 0.29) is 19.6 Å². The molecule has 0 bridgehead atoms. The van der Waals surface area contributed by atoms with Crippen LogP contribution in [0, 0.1) is 0 Å². The second-order valence-corrected chi connectivity index (χ2v) is 4.71. The summed E-state index contributed by atoms with van der Waals surface area (Å²) in [7, 11) is 1.54. The van der Waals surface area contributed by atoms with Crippen LogP contribution in [0.5, 0.6) is 0 Å². The van der Waals surface area contributed by atoms with Gasteiger partial charge in [0.1, 0.15) is 6.04 Å².